The number of hydrogen-bond donors (Lipinski definition) is 1. The third-order valence-corrected chi connectivity index (χ3v) is 3.14. The molecule has 1 aliphatic carbocycles. The van der Waals surface area contributed by atoms with E-state index in [1.807, 2.05) is 0 Å². The summed E-state index contributed by atoms with van der Waals surface area (Å²) >= 11 is 5.94. The van der Waals surface area contributed by atoms with E-state index in [1.165, 1.54) is 6.07 Å². The number of hydrogen-bond acceptors (Lipinski definition) is 1. The van der Waals surface area contributed by atoms with Crippen molar-refractivity contribution in [1.82, 2.24) is 0 Å². The molecule has 0 aromatic heterocycles. The molecule has 1 nitrogen and oxygen atoms in total. The van der Waals surface area contributed by atoms with Gasteiger partial charge in [0.15, 0.2) is 0 Å². The fourth-order valence-corrected chi connectivity index (χ4v) is 2.44. The molecule has 2 unspecified atom stereocenters. The average molecular weight is 215 g/mol. The van der Waals surface area contributed by atoms with Gasteiger partial charge in [-0.2, -0.15) is 0 Å². The fraction of sp³-hybridized carbons (Fsp3) is 0.455. The third-order valence-electron chi connectivity index (χ3n) is 2.81. The van der Waals surface area contributed by atoms with Crippen LogP contribution in [0.2, 0.25) is 5.02 Å². The summed E-state index contributed by atoms with van der Waals surface area (Å²) in [7, 11) is 0. The minimum atomic E-state index is -0.296. The van der Waals surface area contributed by atoms with Crippen LogP contribution in [0.3, 0.4) is 0 Å². The zero-order valence-electron chi connectivity index (χ0n) is 7.71. The van der Waals surface area contributed by atoms with Crippen LogP contribution in [0, 0.1) is 5.82 Å². The van der Waals surface area contributed by atoms with Crippen molar-refractivity contribution in [2.24, 2.45) is 0 Å². The Hall–Kier alpha value is -0.600. The Kier molecular flexibility index (Phi) is 2.75. The molecule has 0 bridgehead atoms. The fourth-order valence-electron chi connectivity index (χ4n) is 2.12. The van der Waals surface area contributed by atoms with Crippen molar-refractivity contribution in [1.29, 1.82) is 0 Å². The Morgan fingerprint density at radius 2 is 2.14 bits per heavy atom. The molecule has 0 aliphatic heterocycles. The number of rotatable bonds is 1. The van der Waals surface area contributed by atoms with Crippen molar-refractivity contribution < 1.29 is 9.50 Å². The van der Waals surface area contributed by atoms with Crippen LogP contribution in [-0.2, 0) is 0 Å². The van der Waals surface area contributed by atoms with E-state index < -0.39 is 0 Å². The van der Waals surface area contributed by atoms with Gasteiger partial charge in [0.25, 0.3) is 0 Å². The highest BCUT2D eigenvalue weighted by molar-refractivity contribution is 6.31. The third kappa shape index (κ3) is 1.77. The summed E-state index contributed by atoms with van der Waals surface area (Å²) < 4.78 is 13.5. The Morgan fingerprint density at radius 3 is 2.71 bits per heavy atom. The number of aliphatic hydroxyl groups is 1. The zero-order valence-corrected chi connectivity index (χ0v) is 8.47. The zero-order chi connectivity index (χ0) is 10.1. The lowest BCUT2D eigenvalue weighted by atomic mass is 9.97. The molecule has 2 atom stereocenters. The second kappa shape index (κ2) is 3.87. The quantitative estimate of drug-likeness (QED) is 0.762. The van der Waals surface area contributed by atoms with Gasteiger partial charge in [0.2, 0.25) is 0 Å². The van der Waals surface area contributed by atoms with Crippen LogP contribution in [0.1, 0.15) is 30.7 Å². The van der Waals surface area contributed by atoms with E-state index in [0.717, 1.165) is 12.8 Å². The lowest BCUT2D eigenvalue weighted by molar-refractivity contribution is 0.181. The Labute approximate surface area is 87.5 Å². The molecule has 0 amide bonds. The van der Waals surface area contributed by atoms with Gasteiger partial charge < -0.3 is 5.11 Å². The van der Waals surface area contributed by atoms with Gasteiger partial charge in [-0.3, -0.25) is 0 Å². The molecule has 1 aromatic rings. The molecular weight excluding hydrogens is 203 g/mol. The molecule has 1 N–H and O–H groups in total. The first kappa shape index (κ1) is 9.94. The van der Waals surface area contributed by atoms with Gasteiger partial charge in [-0.05, 0) is 37.3 Å². The minimum Gasteiger partial charge on any atom is -0.393 e. The van der Waals surface area contributed by atoms with E-state index in [9.17, 15) is 9.50 Å². The van der Waals surface area contributed by atoms with Crippen LogP contribution in [0.5, 0.6) is 0 Å². The topological polar surface area (TPSA) is 20.2 Å². The molecule has 1 aromatic carbocycles. The molecule has 2 rings (SSSR count). The highest BCUT2D eigenvalue weighted by Crippen LogP contribution is 2.38. The summed E-state index contributed by atoms with van der Waals surface area (Å²) in [5, 5.41) is 9.85. The van der Waals surface area contributed by atoms with Crippen molar-refractivity contribution >= 4 is 11.6 Å². The molecule has 0 spiro atoms. The molecule has 3 heteroatoms. The standard InChI is InChI=1S/C11H12ClFO/c12-9-2-1-3-10(13)11(9)7-4-5-8(14)6-7/h1-3,7-8,14H,4-6H2. The number of halogens is 2. The van der Waals surface area contributed by atoms with E-state index >= 15 is 0 Å². The first-order chi connectivity index (χ1) is 6.68. The average Bonchev–Trinajstić information content (AvgIpc) is 2.51. The van der Waals surface area contributed by atoms with Gasteiger partial charge in [-0.1, -0.05) is 17.7 Å². The Bertz CT molecular complexity index is 320. The minimum absolute atomic E-state index is 0.0821. The molecule has 1 saturated carbocycles. The SMILES string of the molecule is OC1CCC(c2c(F)cccc2Cl)C1. The van der Waals surface area contributed by atoms with E-state index in [-0.39, 0.29) is 17.8 Å². The van der Waals surface area contributed by atoms with Crippen molar-refractivity contribution in [2.75, 3.05) is 0 Å². The maximum atomic E-state index is 13.5. The molecule has 14 heavy (non-hydrogen) atoms. The summed E-state index contributed by atoms with van der Waals surface area (Å²) in [5.41, 5.74) is 0.575. The molecule has 0 heterocycles. The van der Waals surface area contributed by atoms with Gasteiger partial charge in [0, 0.05) is 10.6 Å². The first-order valence-electron chi connectivity index (χ1n) is 4.80. The van der Waals surface area contributed by atoms with Crippen LogP contribution in [0.4, 0.5) is 4.39 Å². The van der Waals surface area contributed by atoms with Crippen LogP contribution < -0.4 is 0 Å². The smallest absolute Gasteiger partial charge is 0.128 e. The lowest BCUT2D eigenvalue weighted by Gasteiger charge is -2.12. The predicted molar refractivity (Wildman–Crippen MR) is 54.0 cm³/mol. The predicted octanol–water partition coefficient (Wildman–Crippen LogP) is 3.11. The number of benzene rings is 1. The van der Waals surface area contributed by atoms with Gasteiger partial charge in [-0.15, -0.1) is 0 Å². The normalized spacial score (nSPS) is 26.8. The van der Waals surface area contributed by atoms with Gasteiger partial charge in [-0.25, -0.2) is 4.39 Å². The van der Waals surface area contributed by atoms with E-state index in [1.54, 1.807) is 12.1 Å². The molecule has 1 fully saturated rings. The summed E-state index contributed by atoms with van der Waals surface area (Å²) in [4.78, 5) is 0. The van der Waals surface area contributed by atoms with E-state index in [4.69, 9.17) is 11.6 Å². The van der Waals surface area contributed by atoms with Crippen LogP contribution in [0.15, 0.2) is 18.2 Å². The maximum Gasteiger partial charge on any atom is 0.128 e. The van der Waals surface area contributed by atoms with E-state index in [0.29, 0.717) is 17.0 Å². The largest absolute Gasteiger partial charge is 0.393 e. The summed E-state index contributed by atoms with van der Waals surface area (Å²) in [6.07, 6.45) is 1.90. The second-order valence-electron chi connectivity index (χ2n) is 3.80. The molecule has 76 valence electrons. The summed E-state index contributed by atoms with van der Waals surface area (Å²) in [6.45, 7) is 0. The van der Waals surface area contributed by atoms with Gasteiger partial charge in [0.05, 0.1) is 6.10 Å². The van der Waals surface area contributed by atoms with Crippen LogP contribution in [-0.4, -0.2) is 11.2 Å². The second-order valence-corrected chi connectivity index (χ2v) is 4.21. The van der Waals surface area contributed by atoms with Crippen molar-refractivity contribution in [3.05, 3.63) is 34.6 Å². The molecule has 0 saturated heterocycles. The van der Waals surface area contributed by atoms with Crippen LogP contribution >= 0.6 is 11.6 Å². The summed E-state index contributed by atoms with van der Waals surface area (Å²) in [5.74, 6) is -0.171. The molecule has 0 radical (unpaired) electrons. The maximum absolute atomic E-state index is 13.5. The lowest BCUT2D eigenvalue weighted by Crippen LogP contribution is -2.02. The van der Waals surface area contributed by atoms with Gasteiger partial charge >= 0.3 is 0 Å². The highest BCUT2D eigenvalue weighted by atomic mass is 35.5. The molecule has 1 aliphatic rings. The van der Waals surface area contributed by atoms with Crippen molar-refractivity contribution in [2.45, 2.75) is 31.3 Å². The Morgan fingerprint density at radius 1 is 1.36 bits per heavy atom. The van der Waals surface area contributed by atoms with Crippen molar-refractivity contribution in [3.63, 3.8) is 0 Å². The van der Waals surface area contributed by atoms with Crippen LogP contribution in [0.25, 0.3) is 0 Å². The van der Waals surface area contributed by atoms with Gasteiger partial charge in [0.1, 0.15) is 5.82 Å². The van der Waals surface area contributed by atoms with Crippen molar-refractivity contribution in [3.8, 4) is 0 Å². The number of aliphatic hydroxyl groups excluding tert-OH is 1. The Balaban J connectivity index is 2.31. The van der Waals surface area contributed by atoms with E-state index in [2.05, 4.69) is 0 Å². The molecular formula is C11H12ClFO. The monoisotopic (exact) mass is 214 g/mol. The first-order valence-corrected chi connectivity index (χ1v) is 5.18. The summed E-state index contributed by atoms with van der Waals surface area (Å²) in [6, 6.07) is 4.73. The highest BCUT2D eigenvalue weighted by Gasteiger charge is 2.27.